The number of aldehydes is 1. The minimum absolute atomic E-state index is 0.0198. The molecule has 1 heterocycles. The molecule has 3 N–H and O–H groups in total. The van der Waals surface area contributed by atoms with Crippen molar-refractivity contribution in [3.05, 3.63) is 58.9 Å². The Hall–Kier alpha value is -3.36. The van der Waals surface area contributed by atoms with Crippen LogP contribution in [0, 0.1) is 5.82 Å². The molecule has 0 saturated heterocycles. The number of anilines is 1. The van der Waals surface area contributed by atoms with Crippen LogP contribution >= 0.6 is 0 Å². The van der Waals surface area contributed by atoms with Crippen molar-refractivity contribution in [1.29, 1.82) is 0 Å². The average molecular weight is 409 g/mol. The molecular weight excluding hydrogens is 388 g/mol. The molecule has 2 amide bonds. The van der Waals surface area contributed by atoms with E-state index in [1.165, 1.54) is 24.1 Å². The van der Waals surface area contributed by atoms with Crippen molar-refractivity contribution in [3.63, 3.8) is 0 Å². The third-order valence-electron chi connectivity index (χ3n) is 5.24. The molecule has 1 aliphatic rings. The number of nitrogens with one attached hydrogen (secondary N) is 2. The van der Waals surface area contributed by atoms with Crippen LogP contribution in [0.15, 0.2) is 36.4 Å². The number of nitrogens with zero attached hydrogens (tertiary/aromatic N) is 1. The highest BCUT2D eigenvalue weighted by molar-refractivity contribution is 6.30. The molecule has 1 unspecified atom stereocenters. The third-order valence-corrected chi connectivity index (χ3v) is 5.24. The maximum absolute atomic E-state index is 14.1. The summed E-state index contributed by atoms with van der Waals surface area (Å²) >= 11 is 0. The molecule has 154 valence electrons. The monoisotopic (exact) mass is 409 g/mol. The third kappa shape index (κ3) is 3.75. The van der Waals surface area contributed by atoms with Crippen molar-refractivity contribution in [2.24, 2.45) is 0 Å². The highest BCUT2D eigenvalue weighted by atomic mass is 19.1. The van der Waals surface area contributed by atoms with Crippen molar-refractivity contribution in [3.8, 4) is 5.75 Å². The van der Waals surface area contributed by atoms with Crippen LogP contribution < -0.4 is 10.6 Å². The standard InChI is InChI=1S/C21H21BFN3O4/c1-24-20(30)21(22,9-4-10-27)26-12-15-14(19(26)29)6-3-7-16(15)25-11-13-5-2-8-17(28)18(13)23/h2-3,5-8,10,25,28H,4,9,11-12H2,1H3,(H,24,30). The average Bonchev–Trinajstić information content (AvgIpc) is 3.10. The van der Waals surface area contributed by atoms with Crippen LogP contribution in [0.2, 0.25) is 0 Å². The number of rotatable bonds is 8. The summed E-state index contributed by atoms with van der Waals surface area (Å²) in [6.07, 6.45) is 0.647. The topological polar surface area (TPSA) is 98.7 Å². The molecule has 1 atom stereocenters. The minimum atomic E-state index is -1.68. The molecule has 0 bridgehead atoms. The van der Waals surface area contributed by atoms with Crippen LogP contribution in [-0.4, -0.2) is 48.4 Å². The summed E-state index contributed by atoms with van der Waals surface area (Å²) in [4.78, 5) is 37.6. The molecule has 0 fully saturated rings. The lowest BCUT2D eigenvalue weighted by molar-refractivity contribution is -0.127. The van der Waals surface area contributed by atoms with Crippen molar-refractivity contribution >= 4 is 31.6 Å². The lowest BCUT2D eigenvalue weighted by Crippen LogP contribution is -2.59. The Kier molecular flexibility index (Phi) is 6.10. The van der Waals surface area contributed by atoms with Gasteiger partial charge in [0, 0.05) is 48.9 Å². The molecule has 1 aliphatic heterocycles. The molecule has 30 heavy (non-hydrogen) atoms. The first-order valence-electron chi connectivity index (χ1n) is 9.42. The van der Waals surface area contributed by atoms with E-state index in [9.17, 15) is 23.9 Å². The second kappa shape index (κ2) is 8.56. The number of aromatic hydroxyl groups is 1. The number of amides is 2. The van der Waals surface area contributed by atoms with Gasteiger partial charge in [-0.1, -0.05) is 18.2 Å². The summed E-state index contributed by atoms with van der Waals surface area (Å²) in [5, 5.41) is 15.1. The number of hydrogen-bond donors (Lipinski definition) is 3. The zero-order chi connectivity index (χ0) is 21.9. The highest BCUT2D eigenvalue weighted by Crippen LogP contribution is 2.35. The van der Waals surface area contributed by atoms with Gasteiger partial charge >= 0.3 is 0 Å². The number of likely N-dealkylation sites (N-methyl/N-ethyl adjacent to an activating group) is 1. The van der Waals surface area contributed by atoms with Crippen molar-refractivity contribution < 1.29 is 23.9 Å². The van der Waals surface area contributed by atoms with Gasteiger partial charge < -0.3 is 25.4 Å². The van der Waals surface area contributed by atoms with Crippen LogP contribution in [0.3, 0.4) is 0 Å². The van der Waals surface area contributed by atoms with E-state index >= 15 is 0 Å². The smallest absolute Gasteiger partial charge is 0.254 e. The van der Waals surface area contributed by atoms with Crippen molar-refractivity contribution in [2.45, 2.75) is 31.4 Å². The van der Waals surface area contributed by atoms with E-state index in [4.69, 9.17) is 7.85 Å². The fourth-order valence-corrected chi connectivity index (χ4v) is 3.58. The van der Waals surface area contributed by atoms with E-state index in [0.29, 0.717) is 23.1 Å². The van der Waals surface area contributed by atoms with Crippen molar-refractivity contribution in [2.75, 3.05) is 12.4 Å². The van der Waals surface area contributed by atoms with Crippen LogP contribution in [0.25, 0.3) is 0 Å². The van der Waals surface area contributed by atoms with Gasteiger partial charge in [0.1, 0.15) is 14.1 Å². The number of phenolic OH excluding ortho intramolecular Hbond substituents is 1. The zero-order valence-electron chi connectivity index (χ0n) is 16.4. The summed E-state index contributed by atoms with van der Waals surface area (Å²) in [6, 6.07) is 9.37. The van der Waals surface area contributed by atoms with Gasteiger partial charge in [-0.2, -0.15) is 0 Å². The van der Waals surface area contributed by atoms with Gasteiger partial charge in [-0.3, -0.25) is 9.59 Å². The van der Waals surface area contributed by atoms with Gasteiger partial charge in [-0.05, 0) is 24.6 Å². The van der Waals surface area contributed by atoms with Crippen LogP contribution in [0.1, 0.15) is 34.3 Å². The summed E-state index contributed by atoms with van der Waals surface area (Å²) in [6.45, 7) is 0.141. The Labute approximate surface area is 174 Å². The SMILES string of the molecule is [B]C(CCC=O)(C(=O)NC)N1Cc2c(NCc3cccc(O)c3F)cccc2C1=O. The maximum atomic E-state index is 14.1. The Balaban J connectivity index is 1.88. The van der Waals surface area contributed by atoms with Crippen LogP contribution in [-0.2, 0) is 22.7 Å². The first-order chi connectivity index (χ1) is 14.3. The molecule has 2 aromatic carbocycles. The quantitative estimate of drug-likeness (QED) is 0.455. The van der Waals surface area contributed by atoms with Gasteiger partial charge in [0.05, 0.1) is 5.44 Å². The van der Waals surface area contributed by atoms with E-state index in [0.717, 1.165) is 0 Å². The molecule has 2 aromatic rings. The molecule has 3 rings (SSSR count). The predicted octanol–water partition coefficient (Wildman–Crippen LogP) is 1.69. The van der Waals surface area contributed by atoms with Crippen LogP contribution in [0.4, 0.5) is 10.1 Å². The summed E-state index contributed by atoms with van der Waals surface area (Å²) in [5.74, 6) is -2.15. The van der Waals surface area contributed by atoms with Gasteiger partial charge in [0.15, 0.2) is 11.6 Å². The number of phenols is 1. The molecular formula is C21H21BFN3O4. The Bertz CT molecular complexity index is 1000. The number of benzene rings is 2. The highest BCUT2D eigenvalue weighted by Gasteiger charge is 2.45. The molecule has 0 saturated carbocycles. The van der Waals surface area contributed by atoms with E-state index in [1.54, 1.807) is 24.3 Å². The van der Waals surface area contributed by atoms with E-state index in [-0.39, 0.29) is 31.5 Å². The van der Waals surface area contributed by atoms with Gasteiger partial charge in [-0.15, -0.1) is 0 Å². The van der Waals surface area contributed by atoms with Crippen molar-refractivity contribution in [1.82, 2.24) is 10.2 Å². The fraction of sp³-hybridized carbons (Fsp3) is 0.286. The molecule has 7 nitrogen and oxygen atoms in total. The summed E-state index contributed by atoms with van der Waals surface area (Å²) in [5.41, 5.74) is 0.161. The number of carbonyl (C=O) groups is 3. The Morgan fingerprint density at radius 2 is 2.07 bits per heavy atom. The second-order valence-electron chi connectivity index (χ2n) is 7.04. The first kappa shape index (κ1) is 21.4. The Morgan fingerprint density at radius 3 is 2.77 bits per heavy atom. The predicted molar refractivity (Wildman–Crippen MR) is 110 cm³/mol. The number of halogens is 1. The van der Waals surface area contributed by atoms with E-state index in [1.807, 2.05) is 0 Å². The molecule has 2 radical (unpaired) electrons. The van der Waals surface area contributed by atoms with Gasteiger partial charge in [-0.25, -0.2) is 4.39 Å². The molecule has 9 heteroatoms. The lowest BCUT2D eigenvalue weighted by Gasteiger charge is -2.37. The fourth-order valence-electron chi connectivity index (χ4n) is 3.58. The number of fused-ring (bicyclic) bond motifs is 1. The Morgan fingerprint density at radius 1 is 1.33 bits per heavy atom. The van der Waals surface area contributed by atoms with E-state index in [2.05, 4.69) is 10.6 Å². The zero-order valence-corrected chi connectivity index (χ0v) is 16.4. The largest absolute Gasteiger partial charge is 0.505 e. The number of hydrogen-bond acceptors (Lipinski definition) is 5. The normalized spacial score (nSPS) is 14.7. The summed E-state index contributed by atoms with van der Waals surface area (Å²) in [7, 11) is 7.71. The molecule has 0 aliphatic carbocycles. The second-order valence-corrected chi connectivity index (χ2v) is 7.04. The van der Waals surface area contributed by atoms with Crippen LogP contribution in [0.5, 0.6) is 5.75 Å². The molecule has 0 aromatic heterocycles. The molecule has 0 spiro atoms. The first-order valence-corrected chi connectivity index (χ1v) is 9.42. The van der Waals surface area contributed by atoms with E-state index < -0.39 is 28.8 Å². The minimum Gasteiger partial charge on any atom is -0.505 e. The van der Waals surface area contributed by atoms with Gasteiger partial charge in [0.2, 0.25) is 5.91 Å². The number of carbonyl (C=O) groups excluding carboxylic acids is 3. The van der Waals surface area contributed by atoms with Gasteiger partial charge in [0.25, 0.3) is 5.91 Å². The lowest BCUT2D eigenvalue weighted by atomic mass is 9.71. The maximum Gasteiger partial charge on any atom is 0.254 e. The summed E-state index contributed by atoms with van der Waals surface area (Å²) < 4.78 is 14.1.